The zero-order valence-corrected chi connectivity index (χ0v) is 10.2. The second kappa shape index (κ2) is 5.61. The lowest BCUT2D eigenvalue weighted by atomic mass is 10.1. The maximum absolute atomic E-state index is 13.4. The number of nitrogens with zero attached hydrogens (tertiary/aromatic N) is 1. The van der Waals surface area contributed by atoms with Gasteiger partial charge in [0, 0.05) is 12.1 Å². The first-order valence-corrected chi connectivity index (χ1v) is 5.54. The van der Waals surface area contributed by atoms with Gasteiger partial charge in [-0.3, -0.25) is 4.79 Å². The normalized spacial score (nSPS) is 10.2. The molecule has 1 amide bonds. The largest absolute Gasteiger partial charge is 0.477 e. The van der Waals surface area contributed by atoms with Gasteiger partial charge < -0.3 is 10.4 Å². The van der Waals surface area contributed by atoms with E-state index in [1.165, 1.54) is 18.2 Å². The van der Waals surface area contributed by atoms with E-state index in [2.05, 4.69) is 4.98 Å². The van der Waals surface area contributed by atoms with E-state index in [1.54, 1.807) is 0 Å². The molecular weight excluding hydrogens is 289 g/mol. The quantitative estimate of drug-likeness (QED) is 0.911. The number of carboxylic acid groups (broad SMARTS) is 1. The van der Waals surface area contributed by atoms with Crippen LogP contribution < -0.4 is 5.32 Å². The molecule has 0 aliphatic heterocycles. The minimum absolute atomic E-state index is 0.206. The fourth-order valence-electron chi connectivity index (χ4n) is 1.56. The molecule has 5 nitrogen and oxygen atoms in total. The molecule has 1 heterocycles. The molecule has 0 fully saturated rings. The summed E-state index contributed by atoms with van der Waals surface area (Å²) < 4.78 is 39.6. The number of pyridine rings is 1. The monoisotopic (exact) mass is 296 g/mol. The molecule has 0 saturated carbocycles. The first-order valence-electron chi connectivity index (χ1n) is 5.54. The number of halogens is 3. The number of rotatable bonds is 3. The predicted octanol–water partition coefficient (Wildman–Crippen LogP) is 2.45. The fraction of sp³-hybridized carbons (Fsp3) is 0. The van der Waals surface area contributed by atoms with E-state index >= 15 is 0 Å². The lowest BCUT2D eigenvalue weighted by Gasteiger charge is -2.07. The minimum Gasteiger partial charge on any atom is -0.477 e. The second-order valence-electron chi connectivity index (χ2n) is 3.91. The van der Waals surface area contributed by atoms with Gasteiger partial charge in [0.2, 0.25) is 0 Å². The molecule has 0 saturated heterocycles. The Kier molecular flexibility index (Phi) is 3.88. The highest BCUT2D eigenvalue weighted by Gasteiger charge is 2.19. The molecule has 0 unspecified atom stereocenters. The van der Waals surface area contributed by atoms with E-state index in [9.17, 15) is 22.8 Å². The van der Waals surface area contributed by atoms with Crippen LogP contribution in [-0.4, -0.2) is 22.0 Å². The molecule has 21 heavy (non-hydrogen) atoms. The zero-order chi connectivity index (χ0) is 15.6. The maximum atomic E-state index is 13.4. The van der Waals surface area contributed by atoms with Gasteiger partial charge in [-0.25, -0.2) is 22.9 Å². The molecule has 1 aromatic carbocycles. The van der Waals surface area contributed by atoms with Gasteiger partial charge in [0.1, 0.15) is 28.8 Å². The van der Waals surface area contributed by atoms with Crippen LogP contribution in [0, 0.1) is 17.5 Å². The third-order valence-electron chi connectivity index (χ3n) is 2.44. The van der Waals surface area contributed by atoms with Crippen molar-refractivity contribution < 1.29 is 27.9 Å². The summed E-state index contributed by atoms with van der Waals surface area (Å²) in [6, 6.07) is 4.43. The Hall–Kier alpha value is -2.90. The van der Waals surface area contributed by atoms with Gasteiger partial charge in [0.25, 0.3) is 5.91 Å². The maximum Gasteiger partial charge on any atom is 0.354 e. The topological polar surface area (TPSA) is 79.3 Å². The van der Waals surface area contributed by atoms with Gasteiger partial charge >= 0.3 is 5.97 Å². The van der Waals surface area contributed by atoms with E-state index in [1.807, 2.05) is 5.32 Å². The molecule has 0 bridgehead atoms. The highest BCUT2D eigenvalue weighted by Crippen LogP contribution is 2.16. The smallest absolute Gasteiger partial charge is 0.354 e. The van der Waals surface area contributed by atoms with Crippen molar-refractivity contribution in [2.24, 2.45) is 0 Å². The average Bonchev–Trinajstić information content (AvgIpc) is 2.37. The molecule has 0 spiro atoms. The van der Waals surface area contributed by atoms with Crippen molar-refractivity contribution in [2.75, 3.05) is 5.32 Å². The molecule has 0 atom stereocenters. The van der Waals surface area contributed by atoms with Gasteiger partial charge in [0.15, 0.2) is 5.69 Å². The van der Waals surface area contributed by atoms with Crippen LogP contribution in [0.25, 0.3) is 0 Å². The van der Waals surface area contributed by atoms with Gasteiger partial charge in [-0.2, -0.15) is 0 Å². The molecular formula is C13H7F3N2O3. The molecule has 0 radical (unpaired) electrons. The number of hydrogen-bond donors (Lipinski definition) is 2. The summed E-state index contributed by atoms with van der Waals surface area (Å²) in [5, 5.41) is 10.8. The Morgan fingerprint density at radius 3 is 2.29 bits per heavy atom. The van der Waals surface area contributed by atoms with Crippen LogP contribution in [0.15, 0.2) is 30.3 Å². The number of anilines is 1. The van der Waals surface area contributed by atoms with Gasteiger partial charge in [0.05, 0.1) is 0 Å². The summed E-state index contributed by atoms with van der Waals surface area (Å²) in [7, 11) is 0. The number of aromatic carboxylic acids is 1. The van der Waals surface area contributed by atoms with Crippen molar-refractivity contribution in [2.45, 2.75) is 0 Å². The number of benzene rings is 1. The molecule has 0 aliphatic rings. The first kappa shape index (κ1) is 14.5. The molecule has 1 aromatic heterocycles. The lowest BCUT2D eigenvalue weighted by molar-refractivity contribution is 0.0690. The Morgan fingerprint density at radius 2 is 1.71 bits per heavy atom. The third-order valence-corrected chi connectivity index (χ3v) is 2.44. The first-order chi connectivity index (χ1) is 9.88. The van der Waals surface area contributed by atoms with Crippen molar-refractivity contribution in [3.05, 3.63) is 59.0 Å². The summed E-state index contributed by atoms with van der Waals surface area (Å²) in [6.45, 7) is 0. The Balaban J connectivity index is 2.30. The minimum atomic E-state index is -1.38. The number of amides is 1. The molecule has 2 rings (SSSR count). The predicted molar refractivity (Wildman–Crippen MR) is 65.5 cm³/mol. The van der Waals surface area contributed by atoms with Crippen LogP contribution >= 0.6 is 0 Å². The standard InChI is InChI=1S/C13H7F3N2O3/c14-6-4-7(15)11(8(16)5-6)12(19)18-10-3-1-2-9(17-10)13(20)21/h1-5H,(H,20,21)(H,17,18,19). The second-order valence-corrected chi connectivity index (χ2v) is 3.91. The van der Waals surface area contributed by atoms with E-state index in [-0.39, 0.29) is 11.5 Å². The van der Waals surface area contributed by atoms with Crippen molar-refractivity contribution >= 4 is 17.7 Å². The molecule has 8 heteroatoms. The summed E-state index contributed by atoms with van der Waals surface area (Å²) in [6.07, 6.45) is 0. The van der Waals surface area contributed by atoms with Crippen LogP contribution in [-0.2, 0) is 0 Å². The van der Waals surface area contributed by atoms with Gasteiger partial charge in [-0.05, 0) is 12.1 Å². The fourth-order valence-corrected chi connectivity index (χ4v) is 1.56. The number of aromatic nitrogens is 1. The van der Waals surface area contributed by atoms with E-state index in [4.69, 9.17) is 5.11 Å². The summed E-state index contributed by atoms with van der Waals surface area (Å²) >= 11 is 0. The lowest BCUT2D eigenvalue weighted by Crippen LogP contribution is -2.17. The highest BCUT2D eigenvalue weighted by atomic mass is 19.1. The van der Waals surface area contributed by atoms with Gasteiger partial charge in [-0.1, -0.05) is 6.07 Å². The average molecular weight is 296 g/mol. The van der Waals surface area contributed by atoms with Crippen LogP contribution in [0.5, 0.6) is 0 Å². The Morgan fingerprint density at radius 1 is 1.10 bits per heavy atom. The number of hydrogen-bond acceptors (Lipinski definition) is 3. The van der Waals surface area contributed by atoms with Crippen molar-refractivity contribution in [3.8, 4) is 0 Å². The third kappa shape index (κ3) is 3.16. The van der Waals surface area contributed by atoms with Crippen molar-refractivity contribution in [1.82, 2.24) is 4.98 Å². The van der Waals surface area contributed by atoms with Crippen molar-refractivity contribution in [3.63, 3.8) is 0 Å². The number of carboxylic acids is 1. The number of carbonyl (C=O) groups is 2. The summed E-state index contributed by atoms with van der Waals surface area (Å²) in [5.41, 5.74) is -1.34. The molecule has 0 aliphatic carbocycles. The summed E-state index contributed by atoms with van der Waals surface area (Å²) in [5.74, 6) is -6.65. The van der Waals surface area contributed by atoms with Crippen LogP contribution in [0.2, 0.25) is 0 Å². The van der Waals surface area contributed by atoms with Gasteiger partial charge in [-0.15, -0.1) is 0 Å². The van der Waals surface area contributed by atoms with E-state index in [0.29, 0.717) is 12.1 Å². The highest BCUT2D eigenvalue weighted by molar-refractivity contribution is 6.04. The molecule has 2 N–H and O–H groups in total. The number of carbonyl (C=O) groups excluding carboxylic acids is 1. The number of nitrogens with one attached hydrogen (secondary N) is 1. The molecule has 108 valence electrons. The van der Waals surface area contributed by atoms with Crippen molar-refractivity contribution in [1.29, 1.82) is 0 Å². The Bertz CT molecular complexity index is 711. The summed E-state index contributed by atoms with van der Waals surface area (Å²) in [4.78, 5) is 26.0. The SMILES string of the molecule is O=C(O)c1cccc(NC(=O)c2c(F)cc(F)cc2F)n1. The Labute approximate surface area is 116 Å². The van der Waals surface area contributed by atoms with E-state index < -0.39 is 34.9 Å². The van der Waals surface area contributed by atoms with Crippen LogP contribution in [0.1, 0.15) is 20.8 Å². The van der Waals surface area contributed by atoms with Crippen LogP contribution in [0.4, 0.5) is 19.0 Å². The zero-order valence-electron chi connectivity index (χ0n) is 10.2. The van der Waals surface area contributed by atoms with Crippen LogP contribution in [0.3, 0.4) is 0 Å². The van der Waals surface area contributed by atoms with E-state index in [0.717, 1.165) is 0 Å². The molecule has 2 aromatic rings.